The number of para-hydroxylation sites is 1. The SMILES string of the molecule is CCNC(=O)CNC(=O)c1cnn(-c2ccccc2)c1. The normalized spacial score (nSPS) is 10.1. The molecule has 104 valence electrons. The Bertz CT molecular complexity index is 592. The number of amides is 2. The number of nitrogens with zero attached hydrogens (tertiary/aromatic N) is 2. The average molecular weight is 272 g/mol. The number of benzene rings is 1. The van der Waals surface area contributed by atoms with Gasteiger partial charge in [-0.15, -0.1) is 0 Å². The van der Waals surface area contributed by atoms with Crippen LogP contribution in [0.1, 0.15) is 17.3 Å². The molecule has 0 aliphatic carbocycles. The van der Waals surface area contributed by atoms with Crippen LogP contribution < -0.4 is 10.6 Å². The Morgan fingerprint density at radius 2 is 1.95 bits per heavy atom. The van der Waals surface area contributed by atoms with Crippen molar-refractivity contribution in [2.24, 2.45) is 0 Å². The lowest BCUT2D eigenvalue weighted by molar-refractivity contribution is -0.120. The Balaban J connectivity index is 1.98. The summed E-state index contributed by atoms with van der Waals surface area (Å²) in [5.74, 6) is -0.533. The molecule has 6 nitrogen and oxygen atoms in total. The fourth-order valence-electron chi connectivity index (χ4n) is 1.68. The standard InChI is InChI=1S/C14H16N4O2/c1-2-15-13(19)9-16-14(20)11-8-17-18(10-11)12-6-4-3-5-7-12/h3-8,10H,2,9H2,1H3,(H,15,19)(H,16,20). The van der Waals surface area contributed by atoms with Gasteiger partial charge in [0.2, 0.25) is 5.91 Å². The number of hydrogen-bond donors (Lipinski definition) is 2. The van der Waals surface area contributed by atoms with Crippen molar-refractivity contribution < 1.29 is 9.59 Å². The molecule has 2 rings (SSSR count). The van der Waals surface area contributed by atoms with E-state index in [4.69, 9.17) is 0 Å². The van der Waals surface area contributed by atoms with Crippen molar-refractivity contribution in [3.05, 3.63) is 48.3 Å². The van der Waals surface area contributed by atoms with Gasteiger partial charge in [-0.3, -0.25) is 9.59 Å². The van der Waals surface area contributed by atoms with Crippen LogP contribution in [0, 0.1) is 0 Å². The average Bonchev–Trinajstić information content (AvgIpc) is 2.96. The Morgan fingerprint density at radius 1 is 1.20 bits per heavy atom. The first-order valence-electron chi connectivity index (χ1n) is 6.35. The van der Waals surface area contributed by atoms with E-state index in [0.29, 0.717) is 12.1 Å². The predicted octanol–water partition coefficient (Wildman–Crippen LogP) is 0.738. The van der Waals surface area contributed by atoms with Crippen LogP contribution in [0.25, 0.3) is 5.69 Å². The molecule has 0 saturated carbocycles. The highest BCUT2D eigenvalue weighted by molar-refractivity contribution is 5.96. The van der Waals surface area contributed by atoms with Crippen LogP contribution >= 0.6 is 0 Å². The molecule has 0 aliphatic heterocycles. The summed E-state index contributed by atoms with van der Waals surface area (Å²) in [7, 11) is 0. The van der Waals surface area contributed by atoms with E-state index < -0.39 is 0 Å². The first-order valence-corrected chi connectivity index (χ1v) is 6.35. The highest BCUT2D eigenvalue weighted by Gasteiger charge is 2.10. The maximum atomic E-state index is 11.9. The van der Waals surface area contributed by atoms with Crippen LogP contribution in [0.3, 0.4) is 0 Å². The highest BCUT2D eigenvalue weighted by Crippen LogP contribution is 2.07. The third-order valence-corrected chi connectivity index (χ3v) is 2.65. The van der Waals surface area contributed by atoms with Gasteiger partial charge in [0.05, 0.1) is 24.0 Å². The van der Waals surface area contributed by atoms with Gasteiger partial charge in [0.15, 0.2) is 0 Å². The first-order chi connectivity index (χ1) is 9.70. The largest absolute Gasteiger partial charge is 0.355 e. The van der Waals surface area contributed by atoms with Crippen LogP contribution in [0.4, 0.5) is 0 Å². The second-order valence-corrected chi connectivity index (χ2v) is 4.15. The van der Waals surface area contributed by atoms with E-state index in [1.54, 1.807) is 10.9 Å². The molecular formula is C14H16N4O2. The molecular weight excluding hydrogens is 256 g/mol. The minimum absolute atomic E-state index is 0.0385. The molecule has 0 aliphatic rings. The van der Waals surface area contributed by atoms with Gasteiger partial charge in [-0.25, -0.2) is 4.68 Å². The molecule has 0 bridgehead atoms. The highest BCUT2D eigenvalue weighted by atomic mass is 16.2. The monoisotopic (exact) mass is 272 g/mol. The summed E-state index contributed by atoms with van der Waals surface area (Å²) in [6.45, 7) is 2.33. The Hall–Kier alpha value is -2.63. The van der Waals surface area contributed by atoms with Crippen molar-refractivity contribution in [3.8, 4) is 5.69 Å². The maximum Gasteiger partial charge on any atom is 0.254 e. The van der Waals surface area contributed by atoms with E-state index in [2.05, 4.69) is 15.7 Å². The van der Waals surface area contributed by atoms with Crippen molar-refractivity contribution in [1.82, 2.24) is 20.4 Å². The summed E-state index contributed by atoms with van der Waals surface area (Å²) in [5.41, 5.74) is 1.29. The topological polar surface area (TPSA) is 76.0 Å². The molecule has 0 radical (unpaired) electrons. The zero-order valence-electron chi connectivity index (χ0n) is 11.2. The van der Waals surface area contributed by atoms with Gasteiger partial charge >= 0.3 is 0 Å². The predicted molar refractivity (Wildman–Crippen MR) is 74.6 cm³/mol. The molecule has 0 saturated heterocycles. The second kappa shape index (κ2) is 6.51. The fraction of sp³-hybridized carbons (Fsp3) is 0.214. The lowest BCUT2D eigenvalue weighted by Gasteiger charge is -2.03. The minimum atomic E-state index is -0.321. The van der Waals surface area contributed by atoms with Crippen LogP contribution in [-0.2, 0) is 4.79 Å². The number of carbonyl (C=O) groups excluding carboxylic acids is 2. The van der Waals surface area contributed by atoms with Gasteiger partial charge < -0.3 is 10.6 Å². The number of likely N-dealkylation sites (N-methyl/N-ethyl adjacent to an activating group) is 1. The number of hydrogen-bond acceptors (Lipinski definition) is 3. The van der Waals surface area contributed by atoms with Crippen LogP contribution in [0.2, 0.25) is 0 Å². The number of rotatable bonds is 5. The molecule has 0 fully saturated rings. The van der Waals surface area contributed by atoms with Gasteiger partial charge in [0, 0.05) is 12.7 Å². The summed E-state index contributed by atoms with van der Waals surface area (Å²) >= 11 is 0. The van der Waals surface area contributed by atoms with Crippen LogP contribution in [0.15, 0.2) is 42.7 Å². The van der Waals surface area contributed by atoms with Crippen LogP contribution in [0.5, 0.6) is 0 Å². The zero-order chi connectivity index (χ0) is 14.4. The molecule has 1 aromatic carbocycles. The molecule has 20 heavy (non-hydrogen) atoms. The number of carbonyl (C=O) groups is 2. The first kappa shape index (κ1) is 13.8. The summed E-state index contributed by atoms with van der Waals surface area (Å²) in [6.07, 6.45) is 3.10. The summed E-state index contributed by atoms with van der Waals surface area (Å²) in [4.78, 5) is 23.1. The Kier molecular flexibility index (Phi) is 4.49. The van der Waals surface area contributed by atoms with Gasteiger partial charge in [-0.05, 0) is 19.1 Å². The van der Waals surface area contributed by atoms with Crippen molar-refractivity contribution >= 4 is 11.8 Å². The van der Waals surface area contributed by atoms with Crippen molar-refractivity contribution in [2.45, 2.75) is 6.92 Å². The molecule has 0 spiro atoms. The zero-order valence-corrected chi connectivity index (χ0v) is 11.2. The minimum Gasteiger partial charge on any atom is -0.355 e. The molecule has 6 heteroatoms. The third-order valence-electron chi connectivity index (χ3n) is 2.65. The van der Waals surface area contributed by atoms with Crippen molar-refractivity contribution in [1.29, 1.82) is 0 Å². The van der Waals surface area contributed by atoms with E-state index in [0.717, 1.165) is 5.69 Å². The third kappa shape index (κ3) is 3.44. The number of aromatic nitrogens is 2. The Morgan fingerprint density at radius 3 is 2.65 bits per heavy atom. The smallest absolute Gasteiger partial charge is 0.254 e. The lowest BCUT2D eigenvalue weighted by Crippen LogP contribution is -2.36. The molecule has 1 aromatic heterocycles. The van der Waals surface area contributed by atoms with E-state index in [9.17, 15) is 9.59 Å². The van der Waals surface area contributed by atoms with Gasteiger partial charge in [-0.2, -0.15) is 5.10 Å². The van der Waals surface area contributed by atoms with Crippen molar-refractivity contribution in [2.75, 3.05) is 13.1 Å². The summed E-state index contributed by atoms with van der Waals surface area (Å²) < 4.78 is 1.61. The van der Waals surface area contributed by atoms with Gasteiger partial charge in [0.25, 0.3) is 5.91 Å². The number of nitrogens with one attached hydrogen (secondary N) is 2. The summed E-state index contributed by atoms with van der Waals surface area (Å²) in [6, 6.07) is 9.48. The van der Waals surface area contributed by atoms with Crippen molar-refractivity contribution in [3.63, 3.8) is 0 Å². The Labute approximate surface area is 116 Å². The fourth-order valence-corrected chi connectivity index (χ4v) is 1.68. The molecule has 1 heterocycles. The van der Waals surface area contributed by atoms with E-state index in [1.165, 1.54) is 6.20 Å². The van der Waals surface area contributed by atoms with E-state index in [1.807, 2.05) is 37.3 Å². The quantitative estimate of drug-likeness (QED) is 0.843. The molecule has 0 unspecified atom stereocenters. The molecule has 2 N–H and O–H groups in total. The van der Waals surface area contributed by atoms with Gasteiger partial charge in [-0.1, -0.05) is 18.2 Å². The van der Waals surface area contributed by atoms with E-state index >= 15 is 0 Å². The van der Waals surface area contributed by atoms with Gasteiger partial charge in [0.1, 0.15) is 0 Å². The molecule has 2 aromatic rings. The molecule has 0 atom stereocenters. The summed E-state index contributed by atoms with van der Waals surface area (Å²) in [5, 5.41) is 9.28. The lowest BCUT2D eigenvalue weighted by atomic mass is 10.3. The maximum absolute atomic E-state index is 11.9. The van der Waals surface area contributed by atoms with Crippen LogP contribution in [-0.4, -0.2) is 34.7 Å². The molecule has 2 amide bonds. The second-order valence-electron chi connectivity index (χ2n) is 4.15. The van der Waals surface area contributed by atoms with E-state index in [-0.39, 0.29) is 18.4 Å².